The maximum absolute atomic E-state index is 12.0. The maximum Gasteiger partial charge on any atom is 0.263 e. The molecular weight excluding hydrogens is 272 g/mol. The Labute approximate surface area is 111 Å². The second-order valence-electron chi connectivity index (χ2n) is 3.72. The molecule has 1 N–H and O–H groups in total. The van der Waals surface area contributed by atoms with Crippen LogP contribution in [-0.4, -0.2) is 13.4 Å². The van der Waals surface area contributed by atoms with E-state index in [4.69, 9.17) is 11.6 Å². The highest BCUT2D eigenvalue weighted by Crippen LogP contribution is 2.17. The maximum atomic E-state index is 12.0. The monoisotopic (exact) mass is 282 g/mol. The second kappa shape index (κ2) is 4.96. The Morgan fingerprint density at radius 1 is 1.11 bits per heavy atom. The molecule has 1 aromatic carbocycles. The summed E-state index contributed by atoms with van der Waals surface area (Å²) in [5, 5.41) is 0.489. The summed E-state index contributed by atoms with van der Waals surface area (Å²) in [7, 11) is -3.62. The van der Waals surface area contributed by atoms with Gasteiger partial charge >= 0.3 is 0 Å². The van der Waals surface area contributed by atoms with Gasteiger partial charge in [-0.05, 0) is 43.3 Å². The third-order valence-electron chi connectivity index (χ3n) is 2.25. The molecule has 0 saturated heterocycles. The number of nitrogens with zero attached hydrogens (tertiary/aromatic N) is 1. The molecule has 0 unspecified atom stereocenters. The molecule has 0 aliphatic rings. The quantitative estimate of drug-likeness (QED) is 0.942. The molecule has 0 aliphatic carbocycles. The number of anilines is 1. The zero-order chi connectivity index (χ0) is 13.2. The molecule has 0 amide bonds. The van der Waals surface area contributed by atoms with Gasteiger partial charge in [-0.1, -0.05) is 17.7 Å². The van der Waals surface area contributed by atoms with E-state index in [0.29, 0.717) is 10.8 Å². The predicted molar refractivity (Wildman–Crippen MR) is 71.2 cm³/mol. The molecule has 4 nitrogen and oxygen atoms in total. The summed E-state index contributed by atoms with van der Waals surface area (Å²) in [6, 6.07) is 11.1. The Morgan fingerprint density at radius 3 is 2.39 bits per heavy atom. The summed E-state index contributed by atoms with van der Waals surface area (Å²) >= 11 is 5.72. The minimum atomic E-state index is -3.62. The molecule has 18 heavy (non-hydrogen) atoms. The minimum Gasteiger partial charge on any atom is -0.263 e. The van der Waals surface area contributed by atoms with Gasteiger partial charge in [0.1, 0.15) is 5.82 Å². The largest absolute Gasteiger partial charge is 0.263 e. The molecule has 0 radical (unpaired) electrons. The SMILES string of the molecule is Cc1cccc(NS(=O)(=O)c2ccc(Cl)cc2)n1. The first-order valence-corrected chi connectivity index (χ1v) is 7.05. The van der Waals surface area contributed by atoms with Crippen molar-refractivity contribution in [3.05, 3.63) is 53.2 Å². The van der Waals surface area contributed by atoms with E-state index in [1.54, 1.807) is 25.1 Å². The molecule has 0 saturated carbocycles. The summed E-state index contributed by atoms with van der Waals surface area (Å²) in [5.41, 5.74) is 0.742. The van der Waals surface area contributed by atoms with Crippen LogP contribution in [0, 0.1) is 6.92 Å². The summed E-state index contributed by atoms with van der Waals surface area (Å²) in [6.07, 6.45) is 0. The van der Waals surface area contributed by atoms with E-state index < -0.39 is 10.0 Å². The van der Waals surface area contributed by atoms with Crippen LogP contribution in [0.25, 0.3) is 0 Å². The van der Waals surface area contributed by atoms with E-state index in [9.17, 15) is 8.42 Å². The molecule has 1 aromatic heterocycles. The molecule has 2 rings (SSSR count). The van der Waals surface area contributed by atoms with Crippen molar-refractivity contribution >= 4 is 27.4 Å². The van der Waals surface area contributed by atoms with Crippen LogP contribution in [0.3, 0.4) is 0 Å². The molecule has 0 spiro atoms. The second-order valence-corrected chi connectivity index (χ2v) is 5.84. The van der Waals surface area contributed by atoms with Gasteiger partial charge in [-0.25, -0.2) is 13.4 Å². The smallest absolute Gasteiger partial charge is 0.263 e. The Hall–Kier alpha value is -1.59. The number of hydrogen-bond donors (Lipinski definition) is 1. The van der Waals surface area contributed by atoms with Crippen molar-refractivity contribution in [1.29, 1.82) is 0 Å². The van der Waals surface area contributed by atoms with Crippen molar-refractivity contribution < 1.29 is 8.42 Å². The number of sulfonamides is 1. The van der Waals surface area contributed by atoms with Crippen molar-refractivity contribution in [1.82, 2.24) is 4.98 Å². The predicted octanol–water partition coefficient (Wildman–Crippen LogP) is 2.84. The van der Waals surface area contributed by atoms with Crippen LogP contribution in [0.2, 0.25) is 5.02 Å². The zero-order valence-corrected chi connectivity index (χ0v) is 11.2. The van der Waals surface area contributed by atoms with E-state index >= 15 is 0 Å². The number of aryl methyl sites for hydroxylation is 1. The van der Waals surface area contributed by atoms with Gasteiger partial charge < -0.3 is 0 Å². The number of nitrogens with one attached hydrogen (secondary N) is 1. The van der Waals surface area contributed by atoms with Crippen LogP contribution in [0.5, 0.6) is 0 Å². The van der Waals surface area contributed by atoms with E-state index in [1.165, 1.54) is 24.3 Å². The topological polar surface area (TPSA) is 59.1 Å². The Morgan fingerprint density at radius 2 is 1.78 bits per heavy atom. The van der Waals surface area contributed by atoms with Crippen LogP contribution in [0.15, 0.2) is 47.4 Å². The molecule has 0 bridgehead atoms. The standard InChI is InChI=1S/C12H11ClN2O2S/c1-9-3-2-4-12(14-9)15-18(16,17)11-7-5-10(13)6-8-11/h2-8H,1H3,(H,14,15). The van der Waals surface area contributed by atoms with E-state index in [1.807, 2.05) is 0 Å². The molecule has 94 valence electrons. The van der Waals surface area contributed by atoms with Crippen LogP contribution in [0.1, 0.15) is 5.69 Å². The van der Waals surface area contributed by atoms with Crippen molar-refractivity contribution in [3.8, 4) is 0 Å². The lowest BCUT2D eigenvalue weighted by Crippen LogP contribution is -2.13. The number of aromatic nitrogens is 1. The van der Waals surface area contributed by atoms with Gasteiger partial charge in [-0.3, -0.25) is 4.72 Å². The number of rotatable bonds is 3. The van der Waals surface area contributed by atoms with Crippen LogP contribution in [0.4, 0.5) is 5.82 Å². The fourth-order valence-electron chi connectivity index (χ4n) is 1.41. The average molecular weight is 283 g/mol. The summed E-state index contributed by atoms with van der Waals surface area (Å²) in [4.78, 5) is 4.23. The van der Waals surface area contributed by atoms with Gasteiger partial charge in [-0.2, -0.15) is 0 Å². The fraction of sp³-hybridized carbons (Fsp3) is 0.0833. The summed E-state index contributed by atoms with van der Waals surface area (Å²) < 4.78 is 26.5. The highest BCUT2D eigenvalue weighted by atomic mass is 35.5. The van der Waals surface area contributed by atoms with Crippen molar-refractivity contribution in [2.75, 3.05) is 4.72 Å². The normalized spacial score (nSPS) is 11.2. The number of hydrogen-bond acceptors (Lipinski definition) is 3. The Kier molecular flexibility index (Phi) is 3.54. The van der Waals surface area contributed by atoms with E-state index in [0.717, 1.165) is 5.69 Å². The van der Waals surface area contributed by atoms with Crippen molar-refractivity contribution in [3.63, 3.8) is 0 Å². The average Bonchev–Trinajstić information content (AvgIpc) is 2.29. The van der Waals surface area contributed by atoms with E-state index in [-0.39, 0.29) is 4.90 Å². The van der Waals surface area contributed by atoms with Crippen molar-refractivity contribution in [2.24, 2.45) is 0 Å². The molecule has 0 atom stereocenters. The van der Waals surface area contributed by atoms with Crippen LogP contribution >= 0.6 is 11.6 Å². The molecule has 0 aliphatic heterocycles. The van der Waals surface area contributed by atoms with Gasteiger partial charge in [0.2, 0.25) is 0 Å². The van der Waals surface area contributed by atoms with Gasteiger partial charge in [0.05, 0.1) is 4.90 Å². The van der Waals surface area contributed by atoms with Gasteiger partial charge in [0, 0.05) is 10.7 Å². The van der Waals surface area contributed by atoms with Crippen molar-refractivity contribution in [2.45, 2.75) is 11.8 Å². The third-order valence-corrected chi connectivity index (χ3v) is 3.87. The number of pyridine rings is 1. The van der Waals surface area contributed by atoms with Crippen LogP contribution < -0.4 is 4.72 Å². The molecule has 2 aromatic rings. The lowest BCUT2D eigenvalue weighted by molar-refractivity contribution is 0.601. The van der Waals surface area contributed by atoms with Gasteiger partial charge in [0.25, 0.3) is 10.0 Å². The van der Waals surface area contributed by atoms with Gasteiger partial charge in [-0.15, -0.1) is 0 Å². The molecule has 6 heteroatoms. The third kappa shape index (κ3) is 3.00. The lowest BCUT2D eigenvalue weighted by Gasteiger charge is -2.07. The minimum absolute atomic E-state index is 0.148. The summed E-state index contributed by atoms with van der Waals surface area (Å²) in [6.45, 7) is 1.79. The molecule has 0 fully saturated rings. The van der Waals surface area contributed by atoms with Gasteiger partial charge in [0.15, 0.2) is 0 Å². The lowest BCUT2D eigenvalue weighted by atomic mass is 10.4. The van der Waals surface area contributed by atoms with E-state index in [2.05, 4.69) is 9.71 Å². The fourth-order valence-corrected chi connectivity index (χ4v) is 2.54. The first kappa shape index (κ1) is 12.9. The number of halogens is 1. The highest BCUT2D eigenvalue weighted by molar-refractivity contribution is 7.92. The molecule has 1 heterocycles. The molecular formula is C12H11ClN2O2S. The first-order valence-electron chi connectivity index (χ1n) is 5.19. The summed E-state index contributed by atoms with van der Waals surface area (Å²) in [5.74, 6) is 0.296. The number of benzene rings is 1. The highest BCUT2D eigenvalue weighted by Gasteiger charge is 2.14. The Balaban J connectivity index is 2.30. The Bertz CT molecular complexity index is 654. The van der Waals surface area contributed by atoms with Crippen LogP contribution in [-0.2, 0) is 10.0 Å². The first-order chi connectivity index (χ1) is 8.47. The zero-order valence-electron chi connectivity index (χ0n) is 9.59.